The van der Waals surface area contributed by atoms with E-state index < -0.39 is 0 Å². The van der Waals surface area contributed by atoms with Gasteiger partial charge in [-0.3, -0.25) is 4.79 Å². The van der Waals surface area contributed by atoms with Crippen molar-refractivity contribution in [3.8, 4) is 5.88 Å². The van der Waals surface area contributed by atoms with Crippen molar-refractivity contribution in [2.24, 2.45) is 0 Å². The lowest BCUT2D eigenvalue weighted by Gasteiger charge is -2.08. The van der Waals surface area contributed by atoms with Crippen LogP contribution in [0.5, 0.6) is 5.88 Å². The van der Waals surface area contributed by atoms with Crippen LogP contribution >= 0.6 is 34.5 Å². The molecule has 0 fully saturated rings. The van der Waals surface area contributed by atoms with Crippen LogP contribution in [0.4, 0.5) is 5.69 Å². The van der Waals surface area contributed by atoms with E-state index >= 15 is 0 Å². The highest BCUT2D eigenvalue weighted by Gasteiger charge is 2.21. The summed E-state index contributed by atoms with van der Waals surface area (Å²) < 4.78 is 5.53. The number of nitrogens with one attached hydrogen (secondary N) is 1. The summed E-state index contributed by atoms with van der Waals surface area (Å²) in [6.07, 6.45) is 1.43. The van der Waals surface area contributed by atoms with E-state index in [9.17, 15) is 4.79 Å². The van der Waals surface area contributed by atoms with E-state index in [1.807, 2.05) is 13.8 Å². The number of hydrogen-bond acceptors (Lipinski definition) is 5. The lowest BCUT2D eigenvalue weighted by atomic mass is 10.2. The lowest BCUT2D eigenvalue weighted by molar-refractivity contribution is 0.103. The van der Waals surface area contributed by atoms with Gasteiger partial charge in [-0.25, -0.2) is 9.97 Å². The summed E-state index contributed by atoms with van der Waals surface area (Å²) in [4.78, 5) is 22.3. The number of carbonyl (C=O) groups is 1. The Balaban J connectivity index is 2.02. The average molecular weight is 382 g/mol. The zero-order chi connectivity index (χ0) is 17.3. The van der Waals surface area contributed by atoms with Crippen LogP contribution in [0.25, 0.3) is 10.2 Å². The second kappa shape index (κ2) is 6.93. The minimum atomic E-state index is -0.298. The number of aryl methyl sites for hydroxylation is 1. The first kappa shape index (κ1) is 17.0. The number of para-hydroxylation sites is 1. The van der Waals surface area contributed by atoms with Crippen LogP contribution in [0.15, 0.2) is 24.5 Å². The Kier molecular flexibility index (Phi) is 4.89. The van der Waals surface area contributed by atoms with Crippen molar-refractivity contribution in [2.75, 3.05) is 11.9 Å². The molecule has 0 aliphatic rings. The molecule has 0 saturated carbocycles. The summed E-state index contributed by atoms with van der Waals surface area (Å²) in [5, 5.41) is 4.27. The summed E-state index contributed by atoms with van der Waals surface area (Å²) in [5.74, 6) is 0.180. The quantitative estimate of drug-likeness (QED) is 0.693. The largest absolute Gasteiger partial charge is 0.477 e. The number of carbonyl (C=O) groups excluding carboxylic acids is 1. The predicted molar refractivity (Wildman–Crippen MR) is 97.7 cm³/mol. The molecule has 0 radical (unpaired) electrons. The molecule has 1 N–H and O–H groups in total. The number of fused-ring (bicyclic) bond motifs is 1. The highest BCUT2D eigenvalue weighted by Crippen LogP contribution is 2.36. The zero-order valence-electron chi connectivity index (χ0n) is 12.9. The molecule has 2 aromatic heterocycles. The van der Waals surface area contributed by atoms with Crippen LogP contribution in [-0.2, 0) is 0 Å². The van der Waals surface area contributed by atoms with Gasteiger partial charge in [0.15, 0.2) is 0 Å². The van der Waals surface area contributed by atoms with Crippen molar-refractivity contribution in [3.63, 3.8) is 0 Å². The smallest absolute Gasteiger partial charge is 0.266 e. The summed E-state index contributed by atoms with van der Waals surface area (Å²) in [6.45, 7) is 4.20. The summed E-state index contributed by atoms with van der Waals surface area (Å²) in [5.41, 5.74) is 1.15. The maximum Gasteiger partial charge on any atom is 0.266 e. The average Bonchev–Trinajstić information content (AvgIpc) is 2.89. The van der Waals surface area contributed by atoms with Gasteiger partial charge in [-0.2, -0.15) is 0 Å². The van der Waals surface area contributed by atoms with Crippen molar-refractivity contribution < 1.29 is 9.53 Å². The van der Waals surface area contributed by atoms with Gasteiger partial charge in [-0.15, -0.1) is 11.3 Å². The second-order valence-electron chi connectivity index (χ2n) is 4.90. The van der Waals surface area contributed by atoms with E-state index in [-0.39, 0.29) is 5.91 Å². The fraction of sp³-hybridized carbons (Fsp3) is 0.188. The molecule has 0 aliphatic heterocycles. The minimum Gasteiger partial charge on any atom is -0.477 e. The Morgan fingerprint density at radius 2 is 2.00 bits per heavy atom. The second-order valence-corrected chi connectivity index (χ2v) is 6.71. The number of thiophene rings is 1. The van der Waals surface area contributed by atoms with E-state index in [1.165, 1.54) is 17.7 Å². The molecule has 1 amide bonds. The first-order valence-corrected chi connectivity index (χ1v) is 8.72. The Hall–Kier alpha value is -1.89. The molecule has 8 heteroatoms. The molecular formula is C16H13Cl2N3O2S. The van der Waals surface area contributed by atoms with Crippen LogP contribution in [0.2, 0.25) is 10.0 Å². The predicted octanol–water partition coefficient (Wildman–Crippen LogP) is 4.96. The molecule has 5 nitrogen and oxygen atoms in total. The van der Waals surface area contributed by atoms with E-state index in [1.54, 1.807) is 18.2 Å². The van der Waals surface area contributed by atoms with Crippen molar-refractivity contribution >= 4 is 56.3 Å². The van der Waals surface area contributed by atoms with Crippen molar-refractivity contribution in [2.45, 2.75) is 13.8 Å². The van der Waals surface area contributed by atoms with Crippen molar-refractivity contribution in [3.05, 3.63) is 45.0 Å². The maximum atomic E-state index is 12.7. The fourth-order valence-corrected chi connectivity index (χ4v) is 3.82. The topological polar surface area (TPSA) is 64.1 Å². The molecule has 1 aromatic carbocycles. The Morgan fingerprint density at radius 3 is 2.67 bits per heavy atom. The van der Waals surface area contributed by atoms with E-state index in [0.717, 1.165) is 10.9 Å². The summed E-state index contributed by atoms with van der Waals surface area (Å²) >= 11 is 13.5. The lowest BCUT2D eigenvalue weighted by Crippen LogP contribution is -2.12. The summed E-state index contributed by atoms with van der Waals surface area (Å²) in [7, 11) is 0. The third-order valence-electron chi connectivity index (χ3n) is 3.38. The number of aromatic nitrogens is 2. The number of hydrogen-bond donors (Lipinski definition) is 1. The van der Waals surface area contributed by atoms with Crippen LogP contribution < -0.4 is 10.1 Å². The van der Waals surface area contributed by atoms with Gasteiger partial charge >= 0.3 is 0 Å². The Bertz CT molecular complexity index is 907. The zero-order valence-corrected chi connectivity index (χ0v) is 15.2. The summed E-state index contributed by atoms with van der Waals surface area (Å²) in [6, 6.07) is 5.05. The molecule has 0 unspecified atom stereocenters. The monoisotopic (exact) mass is 381 g/mol. The molecule has 3 aromatic rings. The number of amides is 1. The van der Waals surface area contributed by atoms with Gasteiger partial charge in [-0.1, -0.05) is 29.3 Å². The highest BCUT2D eigenvalue weighted by molar-refractivity contribution is 7.20. The van der Waals surface area contributed by atoms with Crippen molar-refractivity contribution in [1.82, 2.24) is 9.97 Å². The number of nitrogens with zero attached hydrogens (tertiary/aromatic N) is 2. The normalized spacial score (nSPS) is 10.8. The molecule has 0 bridgehead atoms. The molecule has 0 atom stereocenters. The van der Waals surface area contributed by atoms with E-state index in [4.69, 9.17) is 27.9 Å². The molecule has 24 heavy (non-hydrogen) atoms. The van der Waals surface area contributed by atoms with Crippen LogP contribution in [0.3, 0.4) is 0 Å². The Labute approximate surface area is 152 Å². The van der Waals surface area contributed by atoms with Gasteiger partial charge in [0, 0.05) is 0 Å². The Morgan fingerprint density at radius 1 is 1.29 bits per heavy atom. The molecule has 3 rings (SSSR count). The fourth-order valence-electron chi connectivity index (χ4n) is 2.29. The van der Waals surface area contributed by atoms with Crippen molar-refractivity contribution in [1.29, 1.82) is 0 Å². The minimum absolute atomic E-state index is 0.298. The van der Waals surface area contributed by atoms with E-state index in [2.05, 4.69) is 15.3 Å². The van der Waals surface area contributed by atoms with Gasteiger partial charge < -0.3 is 10.1 Å². The molecule has 0 saturated heterocycles. The molecule has 2 heterocycles. The highest BCUT2D eigenvalue weighted by atomic mass is 35.5. The van der Waals surface area contributed by atoms with Crippen LogP contribution in [-0.4, -0.2) is 22.5 Å². The van der Waals surface area contributed by atoms with Gasteiger partial charge in [0.1, 0.15) is 11.2 Å². The molecule has 0 aliphatic carbocycles. The maximum absolute atomic E-state index is 12.7. The first-order valence-electron chi connectivity index (χ1n) is 7.15. The number of halogens is 2. The number of benzene rings is 1. The van der Waals surface area contributed by atoms with Gasteiger partial charge in [0.05, 0.1) is 32.6 Å². The van der Waals surface area contributed by atoms with Crippen LogP contribution in [0, 0.1) is 6.92 Å². The number of ether oxygens (including phenoxy) is 1. The first-order chi connectivity index (χ1) is 11.5. The molecular weight excluding hydrogens is 369 g/mol. The van der Waals surface area contributed by atoms with Gasteiger partial charge in [-0.05, 0) is 31.5 Å². The van der Waals surface area contributed by atoms with Gasteiger partial charge in [0.25, 0.3) is 5.91 Å². The van der Waals surface area contributed by atoms with Crippen LogP contribution in [0.1, 0.15) is 22.2 Å². The SMILES string of the molecule is CCOc1ncnc2sc(C(=O)Nc3c(Cl)cccc3Cl)c(C)c12. The third kappa shape index (κ3) is 3.05. The number of anilines is 1. The third-order valence-corrected chi connectivity index (χ3v) is 5.21. The number of rotatable bonds is 4. The van der Waals surface area contributed by atoms with E-state index in [0.29, 0.717) is 37.9 Å². The molecule has 124 valence electrons. The molecule has 0 spiro atoms. The standard InChI is InChI=1S/C16H13Cl2N3O2S/c1-3-23-15-11-8(2)13(24-16(11)20-7-19-15)14(22)21-12-9(17)5-4-6-10(12)18/h4-7H,3H2,1-2H3,(H,21,22). The van der Waals surface area contributed by atoms with Gasteiger partial charge in [0.2, 0.25) is 5.88 Å².